The first kappa shape index (κ1) is 14.7. The fourth-order valence-corrected chi connectivity index (χ4v) is 2.91. The van der Waals surface area contributed by atoms with E-state index in [9.17, 15) is 9.90 Å². The van der Waals surface area contributed by atoms with Gasteiger partial charge in [0, 0.05) is 0 Å². The van der Waals surface area contributed by atoms with Crippen LogP contribution in [0.2, 0.25) is 0 Å². The van der Waals surface area contributed by atoms with Crippen LogP contribution in [0, 0.1) is 5.92 Å². The molecule has 1 aliphatic rings. The number of rotatable bonds is 4. The van der Waals surface area contributed by atoms with Gasteiger partial charge in [-0.2, -0.15) is 0 Å². The van der Waals surface area contributed by atoms with E-state index in [-0.39, 0.29) is 0 Å². The zero-order chi connectivity index (χ0) is 14.6. The lowest BCUT2D eigenvalue weighted by Crippen LogP contribution is -2.46. The van der Waals surface area contributed by atoms with E-state index in [1.165, 1.54) is 0 Å². The summed E-state index contributed by atoms with van der Waals surface area (Å²) in [4.78, 5) is 11.8. The molecule has 2 N–H and O–H groups in total. The Morgan fingerprint density at radius 1 is 1.35 bits per heavy atom. The second-order valence-corrected chi connectivity index (χ2v) is 5.75. The number of benzene rings is 1. The molecule has 4 heteroatoms. The van der Waals surface area contributed by atoms with Crippen molar-refractivity contribution < 1.29 is 14.6 Å². The summed E-state index contributed by atoms with van der Waals surface area (Å²) in [5.41, 5.74) is -0.119. The van der Waals surface area contributed by atoms with E-state index in [0.717, 1.165) is 24.9 Å². The SMILES string of the molecule is COc1ccccc1NC1(C(=O)O)CCCC(C)CC1. The molecule has 0 bridgehead atoms. The third-order valence-corrected chi connectivity index (χ3v) is 4.25. The largest absolute Gasteiger partial charge is 0.495 e. The molecule has 0 aliphatic heterocycles. The number of carbonyl (C=O) groups is 1. The fraction of sp³-hybridized carbons (Fsp3) is 0.562. The first-order chi connectivity index (χ1) is 9.57. The molecule has 0 radical (unpaired) electrons. The summed E-state index contributed by atoms with van der Waals surface area (Å²) in [5, 5.41) is 13.0. The van der Waals surface area contributed by atoms with Gasteiger partial charge in [-0.15, -0.1) is 0 Å². The van der Waals surface area contributed by atoms with E-state index >= 15 is 0 Å². The van der Waals surface area contributed by atoms with Gasteiger partial charge in [-0.3, -0.25) is 0 Å². The van der Waals surface area contributed by atoms with Crippen LogP contribution in [0.1, 0.15) is 39.0 Å². The average molecular weight is 277 g/mol. The van der Waals surface area contributed by atoms with Crippen LogP contribution < -0.4 is 10.1 Å². The van der Waals surface area contributed by atoms with Gasteiger partial charge in [-0.05, 0) is 37.3 Å². The van der Waals surface area contributed by atoms with Crippen LogP contribution in [0.25, 0.3) is 0 Å². The lowest BCUT2D eigenvalue weighted by atomic mass is 9.89. The van der Waals surface area contributed by atoms with E-state index in [4.69, 9.17) is 4.74 Å². The van der Waals surface area contributed by atoms with Gasteiger partial charge >= 0.3 is 5.97 Å². The van der Waals surface area contributed by atoms with Crippen LogP contribution in [0.4, 0.5) is 5.69 Å². The predicted molar refractivity (Wildman–Crippen MR) is 79.2 cm³/mol. The van der Waals surface area contributed by atoms with Crippen molar-refractivity contribution >= 4 is 11.7 Å². The van der Waals surface area contributed by atoms with Crippen LogP contribution in [-0.4, -0.2) is 23.7 Å². The summed E-state index contributed by atoms with van der Waals surface area (Å²) in [6.07, 6.45) is 4.29. The average Bonchev–Trinajstić information content (AvgIpc) is 2.63. The van der Waals surface area contributed by atoms with E-state index < -0.39 is 11.5 Å². The van der Waals surface area contributed by atoms with Crippen molar-refractivity contribution in [3.8, 4) is 5.75 Å². The number of hydrogen-bond donors (Lipinski definition) is 2. The second-order valence-electron chi connectivity index (χ2n) is 5.75. The molecule has 0 saturated heterocycles. The number of anilines is 1. The quantitative estimate of drug-likeness (QED) is 0.827. The second kappa shape index (κ2) is 6.16. The van der Waals surface area contributed by atoms with Crippen molar-refractivity contribution in [3.63, 3.8) is 0 Å². The van der Waals surface area contributed by atoms with Gasteiger partial charge in [-0.1, -0.05) is 31.9 Å². The van der Waals surface area contributed by atoms with E-state index in [1.54, 1.807) is 7.11 Å². The zero-order valence-corrected chi connectivity index (χ0v) is 12.2. The normalized spacial score (nSPS) is 26.6. The van der Waals surface area contributed by atoms with Crippen LogP contribution in [0.15, 0.2) is 24.3 Å². The maximum atomic E-state index is 11.8. The molecule has 0 aromatic heterocycles. The molecular formula is C16H23NO3. The van der Waals surface area contributed by atoms with E-state index in [2.05, 4.69) is 12.2 Å². The Labute approximate surface area is 120 Å². The zero-order valence-electron chi connectivity index (χ0n) is 12.2. The van der Waals surface area contributed by atoms with Crippen molar-refractivity contribution in [1.29, 1.82) is 0 Å². The van der Waals surface area contributed by atoms with E-state index in [0.29, 0.717) is 24.5 Å². The van der Waals surface area contributed by atoms with Gasteiger partial charge in [-0.25, -0.2) is 4.79 Å². The number of hydrogen-bond acceptors (Lipinski definition) is 3. The standard InChI is InChI=1S/C16H23NO3/c1-12-6-5-10-16(11-9-12,15(18)19)17-13-7-3-4-8-14(13)20-2/h3-4,7-8,12,17H,5-6,9-11H2,1-2H3,(H,18,19). The molecule has 110 valence electrons. The Morgan fingerprint density at radius 2 is 2.10 bits per heavy atom. The van der Waals surface area contributed by atoms with Crippen molar-refractivity contribution in [2.24, 2.45) is 5.92 Å². The molecule has 0 heterocycles. The van der Waals surface area contributed by atoms with Crippen LogP contribution in [-0.2, 0) is 4.79 Å². The number of methoxy groups -OCH3 is 1. The lowest BCUT2D eigenvalue weighted by molar-refractivity contribution is -0.142. The third-order valence-electron chi connectivity index (χ3n) is 4.25. The summed E-state index contributed by atoms with van der Waals surface area (Å²) < 4.78 is 5.31. The first-order valence-corrected chi connectivity index (χ1v) is 7.22. The molecule has 4 nitrogen and oxygen atoms in total. The van der Waals surface area contributed by atoms with Crippen molar-refractivity contribution in [2.75, 3.05) is 12.4 Å². The molecule has 1 aromatic rings. The maximum Gasteiger partial charge on any atom is 0.329 e. The summed E-state index contributed by atoms with van der Waals surface area (Å²) in [6.45, 7) is 2.20. The Kier molecular flexibility index (Phi) is 4.53. The molecule has 2 rings (SSSR count). The minimum atomic E-state index is -0.876. The molecule has 2 unspecified atom stereocenters. The smallest absolute Gasteiger partial charge is 0.329 e. The molecule has 2 atom stereocenters. The molecule has 0 spiro atoms. The summed E-state index contributed by atoms with van der Waals surface area (Å²) in [5.74, 6) is 0.513. The molecule has 1 aliphatic carbocycles. The van der Waals surface area contributed by atoms with Crippen LogP contribution in [0.5, 0.6) is 5.75 Å². The highest BCUT2D eigenvalue weighted by Crippen LogP contribution is 2.35. The number of nitrogens with one attached hydrogen (secondary N) is 1. The first-order valence-electron chi connectivity index (χ1n) is 7.22. The van der Waals surface area contributed by atoms with Crippen molar-refractivity contribution in [3.05, 3.63) is 24.3 Å². The van der Waals surface area contributed by atoms with Crippen LogP contribution in [0.3, 0.4) is 0 Å². The van der Waals surface area contributed by atoms with Gasteiger partial charge in [0.1, 0.15) is 11.3 Å². The van der Waals surface area contributed by atoms with Crippen molar-refractivity contribution in [2.45, 2.75) is 44.6 Å². The number of ether oxygens (including phenoxy) is 1. The van der Waals surface area contributed by atoms with Gasteiger partial charge in [0.2, 0.25) is 0 Å². The molecule has 1 aromatic carbocycles. The maximum absolute atomic E-state index is 11.8. The molecule has 20 heavy (non-hydrogen) atoms. The summed E-state index contributed by atoms with van der Waals surface area (Å²) in [6, 6.07) is 7.49. The van der Waals surface area contributed by atoms with Crippen LogP contribution >= 0.6 is 0 Å². The van der Waals surface area contributed by atoms with Gasteiger partial charge in [0.05, 0.1) is 12.8 Å². The minimum Gasteiger partial charge on any atom is -0.495 e. The Bertz CT molecular complexity index is 475. The molecule has 1 fully saturated rings. The van der Waals surface area contributed by atoms with E-state index in [1.807, 2.05) is 24.3 Å². The summed E-state index contributed by atoms with van der Waals surface area (Å²) in [7, 11) is 1.60. The lowest BCUT2D eigenvalue weighted by Gasteiger charge is -2.31. The molecule has 0 amide bonds. The highest BCUT2D eigenvalue weighted by molar-refractivity contribution is 5.83. The van der Waals surface area contributed by atoms with Crippen molar-refractivity contribution in [1.82, 2.24) is 0 Å². The topological polar surface area (TPSA) is 58.6 Å². The number of para-hydroxylation sites is 2. The number of carboxylic acid groups (broad SMARTS) is 1. The Balaban J connectivity index is 2.27. The molecule has 1 saturated carbocycles. The Hall–Kier alpha value is -1.71. The van der Waals surface area contributed by atoms with Gasteiger partial charge in [0.25, 0.3) is 0 Å². The Morgan fingerprint density at radius 3 is 2.80 bits per heavy atom. The summed E-state index contributed by atoms with van der Waals surface area (Å²) >= 11 is 0. The monoisotopic (exact) mass is 277 g/mol. The predicted octanol–water partition coefficient (Wildman–Crippen LogP) is 3.53. The third kappa shape index (κ3) is 3.06. The highest BCUT2D eigenvalue weighted by Gasteiger charge is 2.40. The minimum absolute atomic E-state index is 0.593. The van der Waals surface area contributed by atoms with Gasteiger partial charge in [0.15, 0.2) is 0 Å². The fourth-order valence-electron chi connectivity index (χ4n) is 2.91. The highest BCUT2D eigenvalue weighted by atomic mass is 16.5. The number of aliphatic carboxylic acids is 1. The van der Waals surface area contributed by atoms with Gasteiger partial charge < -0.3 is 15.2 Å². The number of carboxylic acids is 1. The molecular weight excluding hydrogens is 254 g/mol.